The van der Waals surface area contributed by atoms with Gasteiger partial charge < -0.3 is 5.73 Å². The van der Waals surface area contributed by atoms with Gasteiger partial charge in [0.2, 0.25) is 10.0 Å². The average Bonchev–Trinajstić information content (AvgIpc) is 2.24. The monoisotopic (exact) mass is 320 g/mol. The van der Waals surface area contributed by atoms with E-state index in [0.29, 0.717) is 16.7 Å². The summed E-state index contributed by atoms with van der Waals surface area (Å²) < 4.78 is 26.9. The quantitative estimate of drug-likeness (QED) is 0.624. The van der Waals surface area contributed by atoms with Gasteiger partial charge in [0.15, 0.2) is 0 Å². The maximum atomic E-state index is 11.9. The van der Waals surface area contributed by atoms with Crippen molar-refractivity contribution in [2.24, 2.45) is 0 Å². The Bertz CT molecular complexity index is 474. The first kappa shape index (κ1) is 14.5. The van der Waals surface area contributed by atoms with Gasteiger partial charge in [0.25, 0.3) is 0 Å². The van der Waals surface area contributed by atoms with Crippen LogP contribution in [0.3, 0.4) is 0 Å². The second-order valence-corrected chi connectivity index (χ2v) is 6.38. The Morgan fingerprint density at radius 2 is 2.06 bits per heavy atom. The molecule has 4 nitrogen and oxygen atoms in total. The molecule has 0 radical (unpaired) electrons. The van der Waals surface area contributed by atoms with Crippen LogP contribution in [0.1, 0.15) is 26.2 Å². The highest BCUT2D eigenvalue weighted by atomic mass is 79.9. The number of rotatable bonds is 6. The van der Waals surface area contributed by atoms with E-state index in [1.807, 2.05) is 0 Å². The first-order valence-corrected chi connectivity index (χ1v) is 7.79. The summed E-state index contributed by atoms with van der Waals surface area (Å²) in [7, 11) is -3.44. The van der Waals surface area contributed by atoms with Gasteiger partial charge in [-0.2, -0.15) is 0 Å². The minimum atomic E-state index is -3.44. The molecule has 0 unspecified atom stereocenters. The predicted octanol–water partition coefficient (Wildman–Crippen LogP) is 2.50. The molecule has 0 amide bonds. The molecule has 0 saturated heterocycles. The van der Waals surface area contributed by atoms with Crippen LogP contribution in [0.5, 0.6) is 0 Å². The first-order chi connectivity index (χ1) is 7.97. The normalized spacial score (nSPS) is 11.6. The van der Waals surface area contributed by atoms with Crippen molar-refractivity contribution < 1.29 is 8.42 Å². The van der Waals surface area contributed by atoms with Crippen molar-refractivity contribution in [3.05, 3.63) is 22.7 Å². The Labute approximate surface area is 111 Å². The van der Waals surface area contributed by atoms with E-state index in [2.05, 4.69) is 27.6 Å². The minimum Gasteiger partial charge on any atom is -0.399 e. The van der Waals surface area contributed by atoms with Crippen molar-refractivity contribution in [3.63, 3.8) is 0 Å². The van der Waals surface area contributed by atoms with E-state index in [4.69, 9.17) is 5.73 Å². The number of sulfonamides is 1. The maximum absolute atomic E-state index is 11.9. The zero-order chi connectivity index (χ0) is 12.9. The predicted molar refractivity (Wildman–Crippen MR) is 73.3 cm³/mol. The fraction of sp³-hybridized carbons (Fsp3) is 0.455. The number of unbranched alkanes of at least 4 members (excludes halogenated alkanes) is 2. The molecule has 0 bridgehead atoms. The molecule has 6 heteroatoms. The van der Waals surface area contributed by atoms with Crippen LogP contribution in [0.25, 0.3) is 0 Å². The van der Waals surface area contributed by atoms with Gasteiger partial charge in [0.05, 0.1) is 4.90 Å². The molecule has 1 aromatic rings. The van der Waals surface area contributed by atoms with Crippen LogP contribution in [0.15, 0.2) is 27.6 Å². The van der Waals surface area contributed by atoms with E-state index in [-0.39, 0.29) is 4.90 Å². The fourth-order valence-corrected chi connectivity index (χ4v) is 3.56. The first-order valence-electron chi connectivity index (χ1n) is 5.52. The minimum absolute atomic E-state index is 0.225. The second-order valence-electron chi connectivity index (χ2n) is 3.79. The number of anilines is 1. The van der Waals surface area contributed by atoms with Crippen LogP contribution in [-0.4, -0.2) is 15.0 Å². The topological polar surface area (TPSA) is 72.2 Å². The molecule has 96 valence electrons. The Kier molecular flexibility index (Phi) is 5.42. The van der Waals surface area contributed by atoms with Crippen molar-refractivity contribution in [3.8, 4) is 0 Å². The van der Waals surface area contributed by atoms with Crippen molar-refractivity contribution in [2.75, 3.05) is 12.3 Å². The maximum Gasteiger partial charge on any atom is 0.241 e. The van der Waals surface area contributed by atoms with Crippen molar-refractivity contribution in [1.82, 2.24) is 4.72 Å². The van der Waals surface area contributed by atoms with Crippen LogP contribution >= 0.6 is 15.9 Å². The van der Waals surface area contributed by atoms with Crippen LogP contribution in [0.2, 0.25) is 0 Å². The summed E-state index contributed by atoms with van der Waals surface area (Å²) in [5.74, 6) is 0. The number of hydrogen-bond donors (Lipinski definition) is 2. The molecule has 0 aliphatic heterocycles. The van der Waals surface area contributed by atoms with Crippen molar-refractivity contribution >= 4 is 31.6 Å². The standard InChI is InChI=1S/C11H17BrN2O2S/c1-2-3-4-7-14-17(15,16)11-6-5-9(13)8-10(11)12/h5-6,8,14H,2-4,7,13H2,1H3. The largest absolute Gasteiger partial charge is 0.399 e. The molecule has 3 N–H and O–H groups in total. The molecule has 0 fully saturated rings. The van der Waals surface area contributed by atoms with Crippen molar-refractivity contribution in [1.29, 1.82) is 0 Å². The highest BCUT2D eigenvalue weighted by Gasteiger charge is 2.16. The lowest BCUT2D eigenvalue weighted by Gasteiger charge is -2.08. The SMILES string of the molecule is CCCCCNS(=O)(=O)c1ccc(N)cc1Br. The third-order valence-electron chi connectivity index (χ3n) is 2.32. The van der Waals surface area contributed by atoms with Gasteiger partial charge >= 0.3 is 0 Å². The lowest BCUT2D eigenvalue weighted by Crippen LogP contribution is -2.25. The Morgan fingerprint density at radius 3 is 2.65 bits per heavy atom. The Balaban J connectivity index is 2.76. The summed E-state index contributed by atoms with van der Waals surface area (Å²) in [5, 5.41) is 0. The molecule has 17 heavy (non-hydrogen) atoms. The number of nitrogens with two attached hydrogens (primary N) is 1. The lowest BCUT2D eigenvalue weighted by atomic mass is 10.3. The van der Waals surface area contributed by atoms with Crippen molar-refractivity contribution in [2.45, 2.75) is 31.1 Å². The molecular formula is C11H17BrN2O2S. The molecule has 0 heterocycles. The summed E-state index contributed by atoms with van der Waals surface area (Å²) in [6.07, 6.45) is 2.93. The summed E-state index contributed by atoms with van der Waals surface area (Å²) in [6, 6.07) is 4.66. The summed E-state index contributed by atoms with van der Waals surface area (Å²) in [4.78, 5) is 0.225. The lowest BCUT2D eigenvalue weighted by molar-refractivity contribution is 0.575. The van der Waals surface area contributed by atoms with Gasteiger partial charge in [-0.25, -0.2) is 13.1 Å². The highest BCUT2D eigenvalue weighted by molar-refractivity contribution is 9.10. The molecule has 0 atom stereocenters. The molecular weight excluding hydrogens is 304 g/mol. The van der Waals surface area contributed by atoms with E-state index in [0.717, 1.165) is 19.3 Å². The molecule has 0 spiro atoms. The van der Waals surface area contributed by atoms with Gasteiger partial charge in [-0.15, -0.1) is 0 Å². The van der Waals surface area contributed by atoms with E-state index < -0.39 is 10.0 Å². The zero-order valence-corrected chi connectivity index (χ0v) is 12.1. The van der Waals surface area contributed by atoms with Crippen LogP contribution in [-0.2, 0) is 10.0 Å². The van der Waals surface area contributed by atoms with Crippen LogP contribution < -0.4 is 10.5 Å². The van der Waals surface area contributed by atoms with Gasteiger partial charge in [-0.3, -0.25) is 0 Å². The second kappa shape index (κ2) is 6.37. The number of benzene rings is 1. The molecule has 0 aromatic heterocycles. The van der Waals surface area contributed by atoms with E-state index >= 15 is 0 Å². The van der Waals surface area contributed by atoms with Crippen LogP contribution in [0.4, 0.5) is 5.69 Å². The van der Waals surface area contributed by atoms with E-state index in [1.165, 1.54) is 6.07 Å². The Morgan fingerprint density at radius 1 is 1.35 bits per heavy atom. The number of halogens is 1. The van der Waals surface area contributed by atoms with Gasteiger partial charge in [0.1, 0.15) is 0 Å². The zero-order valence-electron chi connectivity index (χ0n) is 9.74. The molecule has 0 aliphatic carbocycles. The third-order valence-corrected chi connectivity index (χ3v) is 4.76. The fourth-order valence-electron chi connectivity index (χ4n) is 1.39. The smallest absolute Gasteiger partial charge is 0.241 e. The molecule has 0 saturated carbocycles. The van der Waals surface area contributed by atoms with Crippen LogP contribution in [0, 0.1) is 0 Å². The summed E-state index contributed by atoms with van der Waals surface area (Å²) in [5.41, 5.74) is 6.09. The number of nitrogen functional groups attached to an aromatic ring is 1. The summed E-state index contributed by atoms with van der Waals surface area (Å²) in [6.45, 7) is 2.54. The summed E-state index contributed by atoms with van der Waals surface area (Å²) >= 11 is 3.21. The highest BCUT2D eigenvalue weighted by Crippen LogP contribution is 2.23. The molecule has 1 aromatic carbocycles. The van der Waals surface area contributed by atoms with Gasteiger partial charge in [0, 0.05) is 16.7 Å². The molecule has 1 rings (SSSR count). The average molecular weight is 321 g/mol. The van der Waals surface area contributed by atoms with E-state index in [9.17, 15) is 8.42 Å². The Hall–Kier alpha value is -0.590. The third kappa shape index (κ3) is 4.29. The van der Waals surface area contributed by atoms with Gasteiger partial charge in [-0.1, -0.05) is 19.8 Å². The number of nitrogens with one attached hydrogen (secondary N) is 1. The number of hydrogen-bond acceptors (Lipinski definition) is 3. The van der Waals surface area contributed by atoms with Gasteiger partial charge in [-0.05, 0) is 40.5 Å². The van der Waals surface area contributed by atoms with E-state index in [1.54, 1.807) is 12.1 Å². The molecule has 0 aliphatic rings.